The summed E-state index contributed by atoms with van der Waals surface area (Å²) in [6.45, 7) is 3.60. The second-order valence-corrected chi connectivity index (χ2v) is 4.73. The van der Waals surface area contributed by atoms with Crippen LogP contribution in [-0.4, -0.2) is 16.1 Å². The van der Waals surface area contributed by atoms with E-state index in [4.69, 9.17) is 21.1 Å². The first kappa shape index (κ1) is 13.5. The van der Waals surface area contributed by atoms with Crippen LogP contribution in [-0.2, 0) is 0 Å². The van der Waals surface area contributed by atoms with Crippen molar-refractivity contribution >= 4 is 17.6 Å². The molecule has 19 heavy (non-hydrogen) atoms. The summed E-state index contributed by atoms with van der Waals surface area (Å²) in [5.74, 6) is -2.07. The highest BCUT2D eigenvalue weighted by atomic mass is 35.5. The van der Waals surface area contributed by atoms with Crippen molar-refractivity contribution in [3.05, 3.63) is 40.5 Å². The van der Waals surface area contributed by atoms with Gasteiger partial charge in [-0.3, -0.25) is 0 Å². The van der Waals surface area contributed by atoms with Crippen LogP contribution in [0.15, 0.2) is 22.6 Å². The molecule has 0 aliphatic rings. The predicted octanol–water partition coefficient (Wildman–Crippen LogP) is 3.96. The number of halogens is 2. The van der Waals surface area contributed by atoms with Crippen molar-refractivity contribution in [2.45, 2.75) is 19.8 Å². The molecule has 1 heterocycles. The maximum absolute atomic E-state index is 13.4. The highest BCUT2D eigenvalue weighted by Crippen LogP contribution is 2.28. The number of aromatic carboxylic acids is 1. The van der Waals surface area contributed by atoms with Crippen LogP contribution in [0, 0.1) is 5.82 Å². The molecule has 2 rings (SSSR count). The standard InChI is InChI=1S/C13H11ClFNO3/c1-6(2)10-11(13(17)18)19-12(16-10)7-3-4-8(14)9(15)5-7/h3-6H,1-2H3,(H,17,18). The van der Waals surface area contributed by atoms with E-state index < -0.39 is 11.8 Å². The van der Waals surface area contributed by atoms with Crippen LogP contribution in [0.3, 0.4) is 0 Å². The van der Waals surface area contributed by atoms with E-state index in [2.05, 4.69) is 4.98 Å². The largest absolute Gasteiger partial charge is 0.475 e. The summed E-state index contributed by atoms with van der Waals surface area (Å²) in [5, 5.41) is 9.03. The molecule has 0 fully saturated rings. The van der Waals surface area contributed by atoms with Gasteiger partial charge in [-0.2, -0.15) is 0 Å². The van der Waals surface area contributed by atoms with Crippen LogP contribution in [0.4, 0.5) is 4.39 Å². The first-order chi connectivity index (χ1) is 8.90. The molecule has 4 nitrogen and oxygen atoms in total. The first-order valence-corrected chi connectivity index (χ1v) is 5.97. The highest BCUT2D eigenvalue weighted by molar-refractivity contribution is 6.30. The molecule has 0 unspecified atom stereocenters. The summed E-state index contributed by atoms with van der Waals surface area (Å²) in [6, 6.07) is 4.04. The van der Waals surface area contributed by atoms with Crippen molar-refractivity contribution < 1.29 is 18.7 Å². The van der Waals surface area contributed by atoms with Gasteiger partial charge in [-0.25, -0.2) is 14.2 Å². The molecule has 1 aromatic heterocycles. The molecule has 0 saturated heterocycles. The van der Waals surface area contributed by atoms with Crippen molar-refractivity contribution in [1.29, 1.82) is 0 Å². The number of benzene rings is 1. The predicted molar refractivity (Wildman–Crippen MR) is 68.0 cm³/mol. The fourth-order valence-electron chi connectivity index (χ4n) is 1.63. The molecule has 1 N–H and O–H groups in total. The minimum atomic E-state index is -1.20. The number of rotatable bonds is 3. The maximum atomic E-state index is 13.4. The summed E-state index contributed by atoms with van der Waals surface area (Å²) >= 11 is 5.59. The van der Waals surface area contributed by atoms with E-state index >= 15 is 0 Å². The molecule has 0 amide bonds. The average Bonchev–Trinajstić information content (AvgIpc) is 2.78. The Morgan fingerprint density at radius 2 is 2.16 bits per heavy atom. The van der Waals surface area contributed by atoms with E-state index in [0.29, 0.717) is 11.3 Å². The van der Waals surface area contributed by atoms with Crippen molar-refractivity contribution in [2.24, 2.45) is 0 Å². The Balaban J connectivity index is 2.54. The smallest absolute Gasteiger partial charge is 0.373 e. The van der Waals surface area contributed by atoms with E-state index in [-0.39, 0.29) is 22.6 Å². The fourth-order valence-corrected chi connectivity index (χ4v) is 1.75. The summed E-state index contributed by atoms with van der Waals surface area (Å²) in [4.78, 5) is 15.2. The number of aromatic nitrogens is 1. The van der Waals surface area contributed by atoms with Crippen LogP contribution < -0.4 is 0 Å². The summed E-state index contributed by atoms with van der Waals surface area (Å²) < 4.78 is 18.6. The van der Waals surface area contributed by atoms with Crippen molar-refractivity contribution in [3.8, 4) is 11.5 Å². The molecule has 0 bridgehead atoms. The van der Waals surface area contributed by atoms with Gasteiger partial charge in [-0.1, -0.05) is 25.4 Å². The lowest BCUT2D eigenvalue weighted by molar-refractivity contribution is 0.0661. The summed E-state index contributed by atoms with van der Waals surface area (Å²) in [5.41, 5.74) is 0.675. The second kappa shape index (κ2) is 5.01. The van der Waals surface area contributed by atoms with Gasteiger partial charge >= 0.3 is 5.97 Å². The molecule has 0 radical (unpaired) electrons. The van der Waals surface area contributed by atoms with Gasteiger partial charge in [0.05, 0.1) is 10.7 Å². The normalized spacial score (nSPS) is 11.0. The molecule has 6 heteroatoms. The van der Waals surface area contributed by atoms with Gasteiger partial charge in [0.25, 0.3) is 0 Å². The molecule has 0 atom stereocenters. The fraction of sp³-hybridized carbons (Fsp3) is 0.231. The van der Waals surface area contributed by atoms with Gasteiger partial charge in [0.2, 0.25) is 11.7 Å². The molecule has 100 valence electrons. The lowest BCUT2D eigenvalue weighted by atomic mass is 10.1. The quantitative estimate of drug-likeness (QED) is 0.926. The van der Waals surface area contributed by atoms with Gasteiger partial charge < -0.3 is 9.52 Å². The lowest BCUT2D eigenvalue weighted by Gasteiger charge is -1.98. The van der Waals surface area contributed by atoms with Crippen LogP contribution in [0.5, 0.6) is 0 Å². The van der Waals surface area contributed by atoms with E-state index in [1.165, 1.54) is 12.1 Å². The maximum Gasteiger partial charge on any atom is 0.373 e. The number of hydrogen-bond donors (Lipinski definition) is 1. The first-order valence-electron chi connectivity index (χ1n) is 5.59. The third kappa shape index (κ3) is 2.61. The SMILES string of the molecule is CC(C)c1nc(-c2ccc(Cl)c(F)c2)oc1C(=O)O. The molecule has 0 aliphatic carbocycles. The average molecular weight is 284 g/mol. The van der Waals surface area contributed by atoms with E-state index in [9.17, 15) is 9.18 Å². The molecule has 0 aliphatic heterocycles. The Morgan fingerprint density at radius 3 is 2.63 bits per heavy atom. The van der Waals surface area contributed by atoms with Crippen molar-refractivity contribution in [2.75, 3.05) is 0 Å². The van der Waals surface area contributed by atoms with E-state index in [0.717, 1.165) is 6.07 Å². The van der Waals surface area contributed by atoms with Gasteiger partial charge in [0.1, 0.15) is 5.82 Å². The highest BCUT2D eigenvalue weighted by Gasteiger charge is 2.22. The Hall–Kier alpha value is -1.88. The van der Waals surface area contributed by atoms with Crippen LogP contribution in [0.1, 0.15) is 36.0 Å². The number of carbonyl (C=O) groups is 1. The number of nitrogens with zero attached hydrogens (tertiary/aromatic N) is 1. The van der Waals surface area contributed by atoms with Gasteiger partial charge in [-0.05, 0) is 24.1 Å². The van der Waals surface area contributed by atoms with E-state index in [1.807, 2.05) is 0 Å². The zero-order valence-corrected chi connectivity index (χ0v) is 11.0. The Kier molecular flexibility index (Phi) is 3.57. The minimum absolute atomic E-state index is 0.0159. The zero-order valence-electron chi connectivity index (χ0n) is 10.3. The Labute approximate surface area is 113 Å². The van der Waals surface area contributed by atoms with Crippen molar-refractivity contribution in [3.63, 3.8) is 0 Å². The molecular weight excluding hydrogens is 273 g/mol. The summed E-state index contributed by atoms with van der Waals surface area (Å²) in [6.07, 6.45) is 0. The number of oxazole rings is 1. The van der Waals surface area contributed by atoms with Gasteiger partial charge in [-0.15, -0.1) is 0 Å². The molecule has 1 aromatic carbocycles. The number of carboxylic acid groups (broad SMARTS) is 1. The summed E-state index contributed by atoms with van der Waals surface area (Å²) in [7, 11) is 0. The monoisotopic (exact) mass is 283 g/mol. The van der Waals surface area contributed by atoms with Crippen molar-refractivity contribution in [1.82, 2.24) is 4.98 Å². The van der Waals surface area contributed by atoms with Gasteiger partial charge in [0.15, 0.2) is 0 Å². The minimum Gasteiger partial charge on any atom is -0.475 e. The van der Waals surface area contributed by atoms with Crippen LogP contribution >= 0.6 is 11.6 Å². The van der Waals surface area contributed by atoms with Crippen LogP contribution in [0.2, 0.25) is 5.02 Å². The van der Waals surface area contributed by atoms with E-state index in [1.54, 1.807) is 13.8 Å². The van der Waals surface area contributed by atoms with Crippen LogP contribution in [0.25, 0.3) is 11.5 Å². The Morgan fingerprint density at radius 1 is 1.47 bits per heavy atom. The zero-order chi connectivity index (χ0) is 14.2. The lowest BCUT2D eigenvalue weighted by Crippen LogP contribution is -2.01. The second-order valence-electron chi connectivity index (χ2n) is 4.32. The number of carboxylic acids is 1. The molecule has 2 aromatic rings. The molecular formula is C13H11ClFNO3. The van der Waals surface area contributed by atoms with Gasteiger partial charge in [0, 0.05) is 5.56 Å². The number of hydrogen-bond acceptors (Lipinski definition) is 3. The third-order valence-electron chi connectivity index (χ3n) is 2.56. The molecule has 0 saturated carbocycles. The third-order valence-corrected chi connectivity index (χ3v) is 2.87. The molecule has 0 spiro atoms. The topological polar surface area (TPSA) is 63.3 Å². The Bertz CT molecular complexity index is 637.